The Morgan fingerprint density at radius 1 is 1.45 bits per heavy atom. The van der Waals surface area contributed by atoms with E-state index in [1.807, 2.05) is 22.9 Å². The van der Waals surface area contributed by atoms with Crippen LogP contribution in [0.2, 0.25) is 0 Å². The fraction of sp³-hybridized carbons (Fsp3) is 0.350. The van der Waals surface area contributed by atoms with Gasteiger partial charge in [0.15, 0.2) is 5.57 Å². The van der Waals surface area contributed by atoms with Crippen LogP contribution in [0.5, 0.6) is 0 Å². The summed E-state index contributed by atoms with van der Waals surface area (Å²) in [6.45, 7) is 8.44. The Hall–Kier alpha value is -2.51. The van der Waals surface area contributed by atoms with Crippen LogP contribution in [0.15, 0.2) is 34.3 Å². The minimum atomic E-state index is -0.457. The molecule has 2 N–H and O–H groups in total. The van der Waals surface area contributed by atoms with Crippen LogP contribution in [-0.4, -0.2) is 49.9 Å². The highest BCUT2D eigenvalue weighted by Crippen LogP contribution is 2.06. The molecule has 1 aliphatic rings. The Kier molecular flexibility index (Phi) is 7.55. The molecule has 0 saturated carbocycles. The molecule has 1 aliphatic heterocycles. The quantitative estimate of drug-likeness (QED) is 0.533. The highest BCUT2D eigenvalue weighted by Gasteiger charge is 2.17. The van der Waals surface area contributed by atoms with Crippen LogP contribution >= 0.6 is 22.7 Å². The van der Waals surface area contributed by atoms with Gasteiger partial charge in [0.05, 0.1) is 30.8 Å². The molecule has 7 nitrogen and oxygen atoms in total. The smallest absolute Gasteiger partial charge is 0.269 e. The Bertz CT molecular complexity index is 1070. The molecular weight excluding hydrogens is 408 g/mol. The van der Waals surface area contributed by atoms with E-state index < -0.39 is 5.91 Å². The summed E-state index contributed by atoms with van der Waals surface area (Å²) in [4.78, 5) is 26.8. The Morgan fingerprint density at radius 3 is 2.90 bits per heavy atom. The number of amides is 1. The minimum Gasteiger partial charge on any atom is -0.370 e. The second kappa shape index (κ2) is 10.3. The van der Waals surface area contributed by atoms with Crippen molar-refractivity contribution in [3.05, 3.63) is 54.6 Å². The molecule has 3 heterocycles. The van der Waals surface area contributed by atoms with Crippen LogP contribution in [-0.2, 0) is 16.1 Å². The van der Waals surface area contributed by atoms with Crippen molar-refractivity contribution in [2.75, 3.05) is 39.4 Å². The average Bonchev–Trinajstić information content (AvgIpc) is 3.34. The summed E-state index contributed by atoms with van der Waals surface area (Å²) in [6.07, 6.45) is 3.36. The van der Waals surface area contributed by atoms with Crippen molar-refractivity contribution in [2.45, 2.75) is 6.54 Å². The molecule has 1 fully saturated rings. The Balaban J connectivity index is 1.89. The molecule has 0 bridgehead atoms. The van der Waals surface area contributed by atoms with Crippen molar-refractivity contribution in [1.82, 2.24) is 9.88 Å². The number of nitrogens with zero attached hydrogens (tertiary/aromatic N) is 2. The predicted molar refractivity (Wildman–Crippen MR) is 114 cm³/mol. The number of hydrogen-bond donors (Lipinski definition) is 2. The standard InChI is InChI=1S/C20H22N4O3S2/c1-2-5-24-19(26)17(12-15-3-11-28-14-15)29-20(24)16(13-21)18(25)22-4-6-23-7-9-27-10-8-23/h2-3,11-12,14H,1,4-10H2,(H,22,25)/p+1/b17-12?,20-16-. The molecule has 0 radical (unpaired) electrons. The first-order valence-corrected chi connectivity index (χ1v) is 11.1. The van der Waals surface area contributed by atoms with Gasteiger partial charge < -0.3 is 15.0 Å². The molecule has 2 aromatic heterocycles. The lowest BCUT2D eigenvalue weighted by Crippen LogP contribution is -3.14. The van der Waals surface area contributed by atoms with Crippen LogP contribution in [0.4, 0.5) is 0 Å². The predicted octanol–water partition coefficient (Wildman–Crippen LogP) is -1.31. The number of aromatic nitrogens is 1. The van der Waals surface area contributed by atoms with Gasteiger partial charge in [0.25, 0.3) is 11.5 Å². The number of morpholine rings is 1. The molecule has 1 saturated heterocycles. The number of carbonyl (C=O) groups excluding carboxylic acids is 1. The minimum absolute atomic E-state index is 0.0455. The molecule has 9 heteroatoms. The van der Waals surface area contributed by atoms with E-state index in [0.717, 1.165) is 49.7 Å². The van der Waals surface area contributed by atoms with Crippen LogP contribution in [0, 0.1) is 11.3 Å². The third-order valence-corrected chi connectivity index (χ3v) is 6.41. The first-order chi connectivity index (χ1) is 14.1. The lowest BCUT2D eigenvalue weighted by Gasteiger charge is -2.23. The van der Waals surface area contributed by atoms with Gasteiger partial charge in [-0.25, -0.2) is 0 Å². The van der Waals surface area contributed by atoms with Crippen molar-refractivity contribution in [3.63, 3.8) is 0 Å². The summed E-state index contributed by atoms with van der Waals surface area (Å²) in [7, 11) is 0. The van der Waals surface area contributed by atoms with E-state index in [2.05, 4.69) is 11.9 Å². The van der Waals surface area contributed by atoms with E-state index in [9.17, 15) is 14.9 Å². The van der Waals surface area contributed by atoms with Gasteiger partial charge in [-0.15, -0.1) is 17.9 Å². The molecular formula is C20H23N4O3S2+. The summed E-state index contributed by atoms with van der Waals surface area (Å²) in [5.74, 6) is -0.457. The van der Waals surface area contributed by atoms with Crippen LogP contribution in [0.3, 0.4) is 0 Å². The summed E-state index contributed by atoms with van der Waals surface area (Å²) in [5.41, 5.74) is 0.646. The monoisotopic (exact) mass is 431 g/mol. The molecule has 2 aromatic rings. The van der Waals surface area contributed by atoms with Crippen LogP contribution in [0.25, 0.3) is 11.6 Å². The van der Waals surface area contributed by atoms with Crippen molar-refractivity contribution >= 4 is 40.2 Å². The number of hydrogen-bond acceptors (Lipinski definition) is 6. The van der Waals surface area contributed by atoms with Crippen LogP contribution in [0.1, 0.15) is 5.56 Å². The van der Waals surface area contributed by atoms with Gasteiger partial charge in [-0.3, -0.25) is 14.2 Å². The fourth-order valence-corrected chi connectivity index (χ4v) is 4.78. The molecule has 0 aromatic carbocycles. The van der Waals surface area contributed by atoms with E-state index >= 15 is 0 Å². The lowest BCUT2D eigenvalue weighted by atomic mass is 10.3. The van der Waals surface area contributed by atoms with Gasteiger partial charge in [-0.1, -0.05) is 6.08 Å². The third-order valence-electron chi connectivity index (χ3n) is 4.58. The summed E-state index contributed by atoms with van der Waals surface area (Å²) in [6, 6.07) is 3.90. The van der Waals surface area contributed by atoms with Gasteiger partial charge >= 0.3 is 0 Å². The van der Waals surface area contributed by atoms with Gasteiger partial charge in [0, 0.05) is 6.54 Å². The maximum Gasteiger partial charge on any atom is 0.269 e. The fourth-order valence-electron chi connectivity index (χ4n) is 3.06. The first kappa shape index (κ1) is 21.2. The summed E-state index contributed by atoms with van der Waals surface area (Å²) in [5, 5.41) is 16.3. The van der Waals surface area contributed by atoms with E-state index in [1.165, 1.54) is 20.8 Å². The average molecular weight is 432 g/mol. The zero-order valence-electron chi connectivity index (χ0n) is 16.0. The number of quaternary nitrogens is 1. The molecule has 152 valence electrons. The highest BCUT2D eigenvalue weighted by molar-refractivity contribution is 7.08. The number of nitriles is 1. The Morgan fingerprint density at radius 2 is 2.24 bits per heavy atom. The Labute approximate surface area is 176 Å². The van der Waals surface area contributed by atoms with E-state index in [1.54, 1.807) is 12.2 Å². The zero-order valence-corrected chi connectivity index (χ0v) is 17.6. The molecule has 3 rings (SSSR count). The lowest BCUT2D eigenvalue weighted by molar-refractivity contribution is -0.906. The van der Waals surface area contributed by atoms with Gasteiger partial charge in [0.1, 0.15) is 23.8 Å². The molecule has 29 heavy (non-hydrogen) atoms. The maximum absolute atomic E-state index is 12.8. The van der Waals surface area contributed by atoms with Crippen LogP contribution < -0.4 is 25.0 Å². The second-order valence-corrected chi connectivity index (χ2v) is 8.34. The second-order valence-electron chi connectivity index (χ2n) is 6.53. The molecule has 0 atom stereocenters. The number of thiophene rings is 1. The topological polar surface area (TPSA) is 88.6 Å². The van der Waals surface area contributed by atoms with E-state index in [0.29, 0.717) is 15.7 Å². The number of allylic oxidation sites excluding steroid dienone is 1. The van der Waals surface area contributed by atoms with Gasteiger partial charge in [-0.05, 0) is 28.5 Å². The number of rotatable bonds is 7. The maximum atomic E-state index is 12.8. The summed E-state index contributed by atoms with van der Waals surface area (Å²) < 4.78 is 7.60. The third kappa shape index (κ3) is 5.31. The van der Waals surface area contributed by atoms with Crippen molar-refractivity contribution in [3.8, 4) is 6.07 Å². The van der Waals surface area contributed by atoms with Gasteiger partial charge in [-0.2, -0.15) is 16.6 Å². The van der Waals surface area contributed by atoms with Crippen molar-refractivity contribution in [2.24, 2.45) is 0 Å². The number of ether oxygens (including phenoxy) is 1. The van der Waals surface area contributed by atoms with Crippen molar-refractivity contribution < 1.29 is 14.4 Å². The highest BCUT2D eigenvalue weighted by atomic mass is 32.1. The SMILES string of the molecule is C=CCn1c(=O)c(=Cc2ccsc2)s/c1=C(/C#N)C(=O)NCC[NH+]1CCOCC1. The molecule has 0 aliphatic carbocycles. The number of carbonyl (C=O) groups is 1. The number of nitrogens with one attached hydrogen (secondary N) is 2. The zero-order chi connectivity index (χ0) is 20.6. The largest absolute Gasteiger partial charge is 0.370 e. The normalized spacial score (nSPS) is 16.3. The summed E-state index contributed by atoms with van der Waals surface area (Å²) >= 11 is 2.70. The molecule has 1 amide bonds. The van der Waals surface area contributed by atoms with Gasteiger partial charge in [0.2, 0.25) is 0 Å². The molecule has 0 unspecified atom stereocenters. The number of thiazole rings is 1. The molecule has 0 spiro atoms. The van der Waals surface area contributed by atoms with E-state index in [-0.39, 0.29) is 17.7 Å². The first-order valence-electron chi connectivity index (χ1n) is 9.32. The van der Waals surface area contributed by atoms with E-state index in [4.69, 9.17) is 4.74 Å². The van der Waals surface area contributed by atoms with Crippen molar-refractivity contribution in [1.29, 1.82) is 5.26 Å².